The normalized spacial score (nSPS) is 16.7. The highest BCUT2D eigenvalue weighted by molar-refractivity contribution is 6.03. The van der Waals surface area contributed by atoms with Crippen LogP contribution in [0.5, 0.6) is 0 Å². The number of amides is 2. The van der Waals surface area contributed by atoms with E-state index >= 15 is 0 Å². The second kappa shape index (κ2) is 9.07. The molecule has 10 heteroatoms. The summed E-state index contributed by atoms with van der Waals surface area (Å²) in [7, 11) is 1.89. The van der Waals surface area contributed by atoms with Crippen molar-refractivity contribution in [2.45, 2.75) is 25.8 Å². The summed E-state index contributed by atoms with van der Waals surface area (Å²) >= 11 is 0. The highest BCUT2D eigenvalue weighted by atomic mass is 16.3. The number of fused-ring (bicyclic) bond motifs is 2. The molecule has 4 heterocycles. The Morgan fingerprint density at radius 3 is 2.82 bits per heavy atom. The molecule has 1 fully saturated rings. The predicted molar refractivity (Wildman–Crippen MR) is 128 cm³/mol. The first kappa shape index (κ1) is 22.5. The van der Waals surface area contributed by atoms with Gasteiger partial charge in [0.2, 0.25) is 0 Å². The monoisotopic (exact) mass is 451 g/mol. The van der Waals surface area contributed by atoms with E-state index in [2.05, 4.69) is 45.5 Å². The average Bonchev–Trinajstić information content (AvgIpc) is 3.35. The molecule has 0 aliphatic carbocycles. The predicted octanol–water partition coefficient (Wildman–Crippen LogP) is 2.45. The minimum atomic E-state index is -0.250. The van der Waals surface area contributed by atoms with E-state index in [-0.39, 0.29) is 18.0 Å². The molecule has 3 aromatic rings. The minimum absolute atomic E-state index is 0.0645. The van der Waals surface area contributed by atoms with E-state index in [1.807, 2.05) is 37.6 Å². The van der Waals surface area contributed by atoms with E-state index in [1.165, 1.54) is 5.69 Å². The van der Waals surface area contributed by atoms with Crippen molar-refractivity contribution >= 4 is 40.6 Å². The van der Waals surface area contributed by atoms with Crippen LogP contribution >= 0.6 is 0 Å². The molecule has 0 spiro atoms. The van der Waals surface area contributed by atoms with Gasteiger partial charge in [-0.3, -0.25) is 14.4 Å². The summed E-state index contributed by atoms with van der Waals surface area (Å²) in [6.07, 6.45) is 4.58. The Morgan fingerprint density at radius 2 is 2.06 bits per heavy atom. The van der Waals surface area contributed by atoms with Gasteiger partial charge >= 0.3 is 6.03 Å². The van der Waals surface area contributed by atoms with Gasteiger partial charge in [-0.15, -0.1) is 0 Å². The zero-order chi connectivity index (χ0) is 23.6. The van der Waals surface area contributed by atoms with Gasteiger partial charge in [-0.05, 0) is 44.5 Å². The molecule has 3 N–H and O–H groups in total. The van der Waals surface area contributed by atoms with Gasteiger partial charge in [0, 0.05) is 73.5 Å². The zero-order valence-corrected chi connectivity index (χ0v) is 19.1. The number of carbonyl (C=O) groups is 2. The van der Waals surface area contributed by atoms with Crippen LogP contribution in [-0.4, -0.2) is 64.1 Å². The van der Waals surface area contributed by atoms with Gasteiger partial charge < -0.3 is 20.6 Å². The molecule has 1 saturated heterocycles. The summed E-state index contributed by atoms with van der Waals surface area (Å²) < 4.78 is 1.77. The Morgan fingerprint density at radius 1 is 1.27 bits per heavy atom. The lowest BCUT2D eigenvalue weighted by molar-refractivity contribution is -0.122. The van der Waals surface area contributed by atoms with Gasteiger partial charge in [-0.2, -0.15) is 5.10 Å². The molecule has 0 saturated carbocycles. The van der Waals surface area contributed by atoms with E-state index < -0.39 is 0 Å². The average molecular weight is 452 g/mol. The third-order valence-corrected chi connectivity index (χ3v) is 5.88. The summed E-state index contributed by atoms with van der Waals surface area (Å²) in [5.74, 6) is 0.767. The molecule has 174 valence electrons. The molecule has 1 aromatic carbocycles. The maximum atomic E-state index is 13.0. The number of aromatic nitrogens is 3. The van der Waals surface area contributed by atoms with Crippen LogP contribution in [-0.2, 0) is 18.3 Å². The molecule has 2 aliphatic rings. The number of piperazine rings is 1. The number of pyridine rings is 1. The van der Waals surface area contributed by atoms with E-state index in [9.17, 15) is 4.79 Å². The van der Waals surface area contributed by atoms with E-state index in [1.54, 1.807) is 9.58 Å². The number of urea groups is 1. The standard InChI is InChI=1S/C22H27N7O.CH2O2/c1-22(2)14-28(11-9-24-22)19-6-8-23-20-17(19)7-10-29(20)21(30)25-16-4-5-18-15(12-16)13-27(3)26-18;2-1-3/h4-6,8,12-13,24H,7,9-11,14H2,1-3H3,(H,25,30);1H,(H,2,3). The third-order valence-electron chi connectivity index (χ3n) is 5.88. The molecular weight excluding hydrogens is 422 g/mol. The Hall–Kier alpha value is -3.66. The number of nitrogens with zero attached hydrogens (tertiary/aromatic N) is 5. The highest BCUT2D eigenvalue weighted by Crippen LogP contribution is 2.35. The first-order chi connectivity index (χ1) is 15.8. The molecule has 10 nitrogen and oxygen atoms in total. The van der Waals surface area contributed by atoms with Crippen molar-refractivity contribution in [3.05, 3.63) is 42.2 Å². The van der Waals surface area contributed by atoms with Crippen LogP contribution in [0.25, 0.3) is 10.9 Å². The number of hydrogen-bond acceptors (Lipinski definition) is 6. The SMILES string of the molecule is Cn1cc2cc(NC(=O)N3CCc4c(N5CCNC(C)(C)C5)ccnc43)ccc2n1.O=CO. The second-order valence-corrected chi connectivity index (χ2v) is 8.88. The number of benzene rings is 1. The maximum Gasteiger partial charge on any atom is 0.327 e. The van der Waals surface area contributed by atoms with Crippen LogP contribution < -0.4 is 20.4 Å². The lowest BCUT2D eigenvalue weighted by Gasteiger charge is -2.41. The van der Waals surface area contributed by atoms with Crippen molar-refractivity contribution in [1.82, 2.24) is 20.1 Å². The van der Waals surface area contributed by atoms with Gasteiger partial charge in [0.25, 0.3) is 6.47 Å². The van der Waals surface area contributed by atoms with E-state index in [0.29, 0.717) is 6.54 Å². The number of hydrogen-bond donors (Lipinski definition) is 3. The molecular formula is C23H29N7O3. The molecule has 0 bridgehead atoms. The van der Waals surface area contributed by atoms with Crippen LogP contribution in [0.2, 0.25) is 0 Å². The molecule has 5 rings (SSSR count). The summed E-state index contributed by atoms with van der Waals surface area (Å²) in [6.45, 7) is 7.66. The van der Waals surface area contributed by atoms with Crippen molar-refractivity contribution in [2.24, 2.45) is 7.05 Å². The quantitative estimate of drug-likeness (QED) is 0.513. The Labute approximate surface area is 192 Å². The number of nitrogens with one attached hydrogen (secondary N) is 2. The lowest BCUT2D eigenvalue weighted by Crippen LogP contribution is -2.57. The molecule has 2 amide bonds. The maximum absolute atomic E-state index is 13.0. The fourth-order valence-corrected chi connectivity index (χ4v) is 4.53. The Bertz CT molecular complexity index is 1170. The van der Waals surface area contributed by atoms with Gasteiger partial charge in [-0.25, -0.2) is 9.78 Å². The number of aryl methyl sites for hydroxylation is 1. The largest absolute Gasteiger partial charge is 0.483 e. The summed E-state index contributed by atoms with van der Waals surface area (Å²) in [5, 5.41) is 18.8. The third kappa shape index (κ3) is 4.75. The van der Waals surface area contributed by atoms with Crippen molar-refractivity contribution in [2.75, 3.05) is 41.3 Å². The van der Waals surface area contributed by atoms with E-state index in [0.717, 1.165) is 54.0 Å². The van der Waals surface area contributed by atoms with Gasteiger partial charge in [0.05, 0.1) is 5.52 Å². The molecule has 0 atom stereocenters. The van der Waals surface area contributed by atoms with Crippen LogP contribution in [0.3, 0.4) is 0 Å². The van der Waals surface area contributed by atoms with Gasteiger partial charge in [0.1, 0.15) is 5.82 Å². The molecule has 0 radical (unpaired) electrons. The minimum Gasteiger partial charge on any atom is -0.483 e. The van der Waals surface area contributed by atoms with Crippen LogP contribution in [0, 0.1) is 0 Å². The second-order valence-electron chi connectivity index (χ2n) is 8.88. The molecule has 33 heavy (non-hydrogen) atoms. The summed E-state index contributed by atoms with van der Waals surface area (Å²) in [6, 6.07) is 7.69. The summed E-state index contributed by atoms with van der Waals surface area (Å²) in [5.41, 5.74) is 4.09. The van der Waals surface area contributed by atoms with Crippen LogP contribution in [0.1, 0.15) is 19.4 Å². The topological polar surface area (TPSA) is 116 Å². The number of carbonyl (C=O) groups excluding carboxylic acids is 1. The molecule has 2 aromatic heterocycles. The molecule has 2 aliphatic heterocycles. The van der Waals surface area contributed by atoms with Crippen molar-refractivity contribution in [1.29, 1.82) is 0 Å². The van der Waals surface area contributed by atoms with Gasteiger partial charge in [0.15, 0.2) is 0 Å². The van der Waals surface area contributed by atoms with Crippen LogP contribution in [0.4, 0.5) is 22.0 Å². The van der Waals surface area contributed by atoms with Gasteiger partial charge in [-0.1, -0.05) is 0 Å². The highest BCUT2D eigenvalue weighted by Gasteiger charge is 2.32. The van der Waals surface area contributed by atoms with Crippen molar-refractivity contribution in [3.8, 4) is 0 Å². The lowest BCUT2D eigenvalue weighted by atomic mass is 10.0. The zero-order valence-electron chi connectivity index (χ0n) is 19.1. The number of carboxylic acid groups (broad SMARTS) is 1. The fraction of sp³-hybridized carbons (Fsp3) is 0.391. The number of rotatable bonds is 2. The van der Waals surface area contributed by atoms with Crippen LogP contribution in [0.15, 0.2) is 36.7 Å². The first-order valence-corrected chi connectivity index (χ1v) is 10.9. The first-order valence-electron chi connectivity index (χ1n) is 10.9. The van der Waals surface area contributed by atoms with Crippen molar-refractivity contribution in [3.63, 3.8) is 0 Å². The Kier molecular flexibility index (Phi) is 6.19. The summed E-state index contributed by atoms with van der Waals surface area (Å²) in [4.78, 5) is 30.1. The molecule has 0 unspecified atom stereocenters. The van der Waals surface area contributed by atoms with E-state index in [4.69, 9.17) is 9.90 Å². The smallest absolute Gasteiger partial charge is 0.327 e. The number of anilines is 3. The fourth-order valence-electron chi connectivity index (χ4n) is 4.53. The Balaban J connectivity index is 0.000000821. The van der Waals surface area contributed by atoms with Crippen molar-refractivity contribution < 1.29 is 14.7 Å².